The van der Waals surface area contributed by atoms with Crippen LogP contribution < -0.4 is 5.32 Å². The van der Waals surface area contributed by atoms with E-state index in [1.54, 1.807) is 24.3 Å². The van der Waals surface area contributed by atoms with Crippen molar-refractivity contribution >= 4 is 34.9 Å². The lowest BCUT2D eigenvalue weighted by Gasteiger charge is -2.36. The highest BCUT2D eigenvalue weighted by Gasteiger charge is 2.55. The van der Waals surface area contributed by atoms with Crippen LogP contribution in [0.25, 0.3) is 0 Å². The highest BCUT2D eigenvalue weighted by molar-refractivity contribution is 6.44. The van der Waals surface area contributed by atoms with E-state index in [1.165, 1.54) is 0 Å². The van der Waals surface area contributed by atoms with Crippen LogP contribution in [0.3, 0.4) is 0 Å². The fraction of sp³-hybridized carbons (Fsp3) is 0.556. The number of carbonyl (C=O) groups excluding carboxylic acids is 2. The topological polar surface area (TPSA) is 55.4 Å². The van der Waals surface area contributed by atoms with Crippen LogP contribution in [0.4, 0.5) is 13.2 Å². The third-order valence-electron chi connectivity index (χ3n) is 5.18. The Morgan fingerprint density at radius 3 is 2.44 bits per heavy atom. The Balaban J connectivity index is 1.78. The molecule has 148 valence electrons. The van der Waals surface area contributed by atoms with Crippen LogP contribution in [0.1, 0.15) is 47.6 Å². The molecule has 2 fully saturated rings. The first-order valence-electron chi connectivity index (χ1n) is 8.54. The van der Waals surface area contributed by atoms with Crippen molar-refractivity contribution in [2.75, 3.05) is 6.67 Å². The molecule has 1 atom stereocenters. The van der Waals surface area contributed by atoms with Gasteiger partial charge < -0.3 is 10.1 Å². The zero-order valence-electron chi connectivity index (χ0n) is 14.2. The number of Topliss-reactive ketones (excluding diaryl/α,β-unsaturated/α-hetero) is 1. The first-order valence-corrected chi connectivity index (χ1v) is 9.41. The van der Waals surface area contributed by atoms with Gasteiger partial charge in [0.15, 0.2) is 12.5 Å². The van der Waals surface area contributed by atoms with E-state index in [-0.39, 0.29) is 31.5 Å². The van der Waals surface area contributed by atoms with E-state index in [4.69, 9.17) is 23.2 Å². The zero-order chi connectivity index (χ0) is 19.8. The van der Waals surface area contributed by atoms with Crippen LogP contribution >= 0.6 is 23.2 Å². The smallest absolute Gasteiger partial charge is 0.343 e. The molecule has 2 aliphatic rings. The molecule has 0 aromatic heterocycles. The normalized spacial score (nSPS) is 28.8. The number of ketones is 1. The van der Waals surface area contributed by atoms with E-state index >= 15 is 0 Å². The number of hydrogen-bond acceptors (Lipinski definition) is 3. The molecular formula is C18H18Cl2F3NO3. The van der Waals surface area contributed by atoms with E-state index in [0.29, 0.717) is 11.1 Å². The summed E-state index contributed by atoms with van der Waals surface area (Å²) in [5.74, 6) is -1.84. The van der Waals surface area contributed by atoms with Crippen LogP contribution in [-0.4, -0.2) is 36.1 Å². The van der Waals surface area contributed by atoms with E-state index in [0.717, 1.165) is 0 Å². The number of rotatable bonds is 5. The summed E-state index contributed by atoms with van der Waals surface area (Å²) in [5, 5.41) is 2.74. The fourth-order valence-corrected chi connectivity index (χ4v) is 4.27. The molecule has 1 aromatic rings. The first kappa shape index (κ1) is 20.4. The van der Waals surface area contributed by atoms with Gasteiger partial charge in [0, 0.05) is 0 Å². The Bertz CT molecular complexity index is 736. The molecule has 1 saturated carbocycles. The van der Waals surface area contributed by atoms with E-state index in [2.05, 4.69) is 10.1 Å². The lowest BCUT2D eigenvalue weighted by molar-refractivity contribution is -0.274. The highest BCUT2D eigenvalue weighted by Crippen LogP contribution is 2.43. The molecule has 9 heteroatoms. The maximum atomic E-state index is 13.1. The molecule has 1 saturated heterocycles. The summed E-state index contributed by atoms with van der Waals surface area (Å²) in [5.41, 5.74) is -0.214. The predicted molar refractivity (Wildman–Crippen MR) is 93.8 cm³/mol. The summed E-state index contributed by atoms with van der Waals surface area (Å²) in [6, 6.07) is 6.67. The monoisotopic (exact) mass is 423 g/mol. The Hall–Kier alpha value is -1.31. The average Bonchev–Trinajstić information content (AvgIpc) is 2.87. The van der Waals surface area contributed by atoms with Crippen molar-refractivity contribution in [3.05, 3.63) is 35.4 Å². The molecule has 4 nitrogen and oxygen atoms in total. The Morgan fingerprint density at radius 2 is 1.85 bits per heavy atom. The molecule has 1 heterocycles. The van der Waals surface area contributed by atoms with E-state index in [1.807, 2.05) is 0 Å². The Morgan fingerprint density at radius 1 is 1.22 bits per heavy atom. The van der Waals surface area contributed by atoms with Gasteiger partial charge in [-0.25, -0.2) is 4.39 Å². The minimum Gasteiger partial charge on any atom is -0.343 e. The summed E-state index contributed by atoms with van der Waals surface area (Å²) in [4.78, 5) is 24.8. The van der Waals surface area contributed by atoms with Gasteiger partial charge in [0.2, 0.25) is 5.91 Å². The fourth-order valence-electron chi connectivity index (χ4n) is 3.87. The molecular weight excluding hydrogens is 406 g/mol. The second kappa shape index (κ2) is 7.60. The van der Waals surface area contributed by atoms with Gasteiger partial charge in [0.25, 0.3) is 0 Å². The van der Waals surface area contributed by atoms with Gasteiger partial charge in [-0.2, -0.15) is 8.78 Å². The van der Waals surface area contributed by atoms with Crippen LogP contribution in [0.5, 0.6) is 0 Å². The number of alkyl halides is 5. The molecule has 1 spiro atoms. The molecule has 1 N–H and O–H groups in total. The third-order valence-corrected chi connectivity index (χ3v) is 5.65. The Labute approximate surface area is 164 Å². The number of hydrogen-bond donors (Lipinski definition) is 1. The van der Waals surface area contributed by atoms with Crippen LogP contribution in [0.2, 0.25) is 0 Å². The lowest BCUT2D eigenvalue weighted by Crippen LogP contribution is -2.51. The third kappa shape index (κ3) is 3.96. The zero-order valence-corrected chi connectivity index (χ0v) is 15.7. The second-order valence-corrected chi connectivity index (χ2v) is 7.98. The molecule has 1 aliphatic heterocycles. The second-order valence-electron chi connectivity index (χ2n) is 6.89. The molecule has 0 radical (unpaired) electrons. The molecule has 0 bridgehead atoms. The van der Waals surface area contributed by atoms with Crippen LogP contribution in [-0.2, 0) is 14.3 Å². The van der Waals surface area contributed by atoms with Crippen LogP contribution in [0, 0.1) is 0 Å². The molecule has 1 unspecified atom stereocenters. The standard InChI is InChI=1S/C18H18Cl2F3NO3/c19-15(20)12-4-2-1-3-11(12)13-14(25)17(24-16(13)26)7-5-10(6-8-17)27-18(22,23)9-21/h1-4,10,13,15H,5-9H2,(H,24,26). The maximum absolute atomic E-state index is 13.1. The number of carbonyl (C=O) groups is 2. The first-order chi connectivity index (χ1) is 12.7. The number of benzene rings is 1. The summed E-state index contributed by atoms with van der Waals surface area (Å²) in [6.07, 6.45) is -4.18. The van der Waals surface area contributed by atoms with Gasteiger partial charge in [0.05, 0.1) is 11.6 Å². The van der Waals surface area contributed by atoms with E-state index in [9.17, 15) is 22.8 Å². The predicted octanol–water partition coefficient (Wildman–Crippen LogP) is 4.21. The minimum atomic E-state index is -3.84. The molecule has 1 aliphatic carbocycles. The number of amides is 1. The van der Waals surface area contributed by atoms with Gasteiger partial charge in [-0.05, 0) is 36.8 Å². The minimum absolute atomic E-state index is 0.115. The molecule has 27 heavy (non-hydrogen) atoms. The largest absolute Gasteiger partial charge is 0.384 e. The van der Waals surface area contributed by atoms with Gasteiger partial charge in [0.1, 0.15) is 10.8 Å². The van der Waals surface area contributed by atoms with Gasteiger partial charge in [-0.3, -0.25) is 9.59 Å². The maximum Gasteiger partial charge on any atom is 0.384 e. The van der Waals surface area contributed by atoms with Crippen molar-refractivity contribution in [1.82, 2.24) is 5.32 Å². The average molecular weight is 424 g/mol. The number of ether oxygens (including phenoxy) is 1. The Kier molecular flexibility index (Phi) is 5.75. The van der Waals surface area contributed by atoms with Crippen molar-refractivity contribution in [1.29, 1.82) is 0 Å². The SMILES string of the molecule is O=C1NC2(CCC(OC(F)(F)CF)CC2)C(=O)C1c1ccccc1C(Cl)Cl. The van der Waals surface area contributed by atoms with E-state index < -0.39 is 41.1 Å². The quantitative estimate of drug-likeness (QED) is 0.570. The number of nitrogens with one attached hydrogen (secondary N) is 1. The summed E-state index contributed by atoms with van der Waals surface area (Å²) in [6.45, 7) is -1.90. The number of halogens is 5. The van der Waals surface area contributed by atoms with Crippen molar-refractivity contribution in [2.24, 2.45) is 0 Å². The van der Waals surface area contributed by atoms with Crippen LogP contribution in [0.15, 0.2) is 24.3 Å². The molecule has 1 aromatic carbocycles. The molecule has 3 rings (SSSR count). The summed E-state index contributed by atoms with van der Waals surface area (Å²) < 4.78 is 42.9. The van der Waals surface area contributed by atoms with Crippen molar-refractivity contribution < 1.29 is 27.5 Å². The van der Waals surface area contributed by atoms with Gasteiger partial charge >= 0.3 is 6.11 Å². The van der Waals surface area contributed by atoms with Crippen molar-refractivity contribution in [2.45, 2.75) is 54.2 Å². The van der Waals surface area contributed by atoms with Gasteiger partial charge in [-0.1, -0.05) is 24.3 Å². The van der Waals surface area contributed by atoms with Crippen molar-refractivity contribution in [3.8, 4) is 0 Å². The van der Waals surface area contributed by atoms with Gasteiger partial charge in [-0.15, -0.1) is 23.2 Å². The molecule has 1 amide bonds. The summed E-state index contributed by atoms with van der Waals surface area (Å²) >= 11 is 11.9. The lowest BCUT2D eigenvalue weighted by atomic mass is 9.75. The highest BCUT2D eigenvalue weighted by atomic mass is 35.5. The van der Waals surface area contributed by atoms with Crippen molar-refractivity contribution in [3.63, 3.8) is 0 Å². The summed E-state index contributed by atoms with van der Waals surface area (Å²) in [7, 11) is 0.